The fraction of sp³-hybridized carbons (Fsp3) is 0.396. The van der Waals surface area contributed by atoms with Gasteiger partial charge in [0.25, 0.3) is 5.91 Å². The fourth-order valence-corrected chi connectivity index (χ4v) is 7.13. The number of pyridine rings is 1. The summed E-state index contributed by atoms with van der Waals surface area (Å²) >= 11 is 0. The van der Waals surface area contributed by atoms with Crippen molar-refractivity contribution in [3.05, 3.63) is 114 Å². The monoisotopic (exact) mass is 863 g/mol. The first-order valence-corrected chi connectivity index (χ1v) is 21.1. The van der Waals surface area contributed by atoms with Crippen molar-refractivity contribution in [2.75, 3.05) is 104 Å². The number of benzene rings is 4. The zero-order valence-electron chi connectivity index (χ0n) is 37.4. The molecule has 336 valence electrons. The maximum Gasteiger partial charge on any atom is 0.323 e. The van der Waals surface area contributed by atoms with Gasteiger partial charge in [0, 0.05) is 93.0 Å². The lowest BCUT2D eigenvalue weighted by Crippen LogP contribution is -2.46. The van der Waals surface area contributed by atoms with Crippen LogP contribution in [-0.2, 0) is 29.1 Å². The van der Waals surface area contributed by atoms with Crippen LogP contribution in [0.1, 0.15) is 48.5 Å². The SMILES string of the molecule is COCCOCCOCC(NC(=O)c1cccc(Nc2cc(Oc3ccc(NC(=O)Nc4cc(C(C)(C)C)ccc4C(OC)N4CCN(C)CC4)c4ccccc34)ccn2)c1)OC. The van der Waals surface area contributed by atoms with Crippen molar-refractivity contribution in [1.82, 2.24) is 20.1 Å². The molecule has 0 saturated carbocycles. The lowest BCUT2D eigenvalue weighted by molar-refractivity contribution is -0.0529. The number of anilines is 4. The largest absolute Gasteiger partial charge is 0.457 e. The van der Waals surface area contributed by atoms with Gasteiger partial charge < -0.3 is 54.6 Å². The number of likely N-dealkylation sites (N-methyl/N-ethyl adjacent to an activating group) is 1. The zero-order chi connectivity index (χ0) is 44.8. The molecule has 2 atom stereocenters. The lowest BCUT2D eigenvalue weighted by Gasteiger charge is -2.38. The lowest BCUT2D eigenvalue weighted by atomic mass is 9.86. The van der Waals surface area contributed by atoms with E-state index in [-0.39, 0.29) is 30.2 Å². The van der Waals surface area contributed by atoms with Crippen LogP contribution in [0.4, 0.5) is 27.7 Å². The third-order valence-corrected chi connectivity index (χ3v) is 10.7. The highest BCUT2D eigenvalue weighted by molar-refractivity contribution is 6.08. The number of ether oxygens (including phenoxy) is 6. The second kappa shape index (κ2) is 22.6. The Morgan fingerprint density at radius 3 is 2.25 bits per heavy atom. The van der Waals surface area contributed by atoms with Gasteiger partial charge in [-0.05, 0) is 60.5 Å². The van der Waals surface area contributed by atoms with E-state index in [9.17, 15) is 9.59 Å². The van der Waals surface area contributed by atoms with E-state index in [0.717, 1.165) is 48.1 Å². The van der Waals surface area contributed by atoms with Gasteiger partial charge in [0.1, 0.15) is 23.5 Å². The van der Waals surface area contributed by atoms with Crippen molar-refractivity contribution in [3.8, 4) is 11.5 Å². The van der Waals surface area contributed by atoms with Crippen molar-refractivity contribution in [2.24, 2.45) is 0 Å². The van der Waals surface area contributed by atoms with Crippen LogP contribution in [0.15, 0.2) is 97.2 Å². The van der Waals surface area contributed by atoms with Gasteiger partial charge in [-0.25, -0.2) is 9.78 Å². The Morgan fingerprint density at radius 2 is 1.51 bits per heavy atom. The highest BCUT2D eigenvalue weighted by Gasteiger charge is 2.28. The summed E-state index contributed by atoms with van der Waals surface area (Å²) in [7, 11) is 6.96. The normalized spacial score (nSPS) is 14.5. The predicted octanol–water partition coefficient (Wildman–Crippen LogP) is 7.99. The second-order valence-electron chi connectivity index (χ2n) is 16.3. The summed E-state index contributed by atoms with van der Waals surface area (Å²) in [5, 5.41) is 14.0. The van der Waals surface area contributed by atoms with E-state index >= 15 is 0 Å². The molecule has 3 amide bonds. The average molecular weight is 864 g/mol. The van der Waals surface area contributed by atoms with Crippen LogP contribution in [0.3, 0.4) is 0 Å². The smallest absolute Gasteiger partial charge is 0.323 e. The number of fused-ring (bicyclic) bond motifs is 1. The van der Waals surface area contributed by atoms with Gasteiger partial charge in [-0.3, -0.25) is 9.69 Å². The number of carbonyl (C=O) groups excluding carboxylic acids is 2. The molecule has 4 N–H and O–H groups in total. The molecule has 15 heteroatoms. The molecule has 1 saturated heterocycles. The van der Waals surface area contributed by atoms with Crippen LogP contribution in [0, 0.1) is 0 Å². The molecule has 15 nitrogen and oxygen atoms in total. The molecule has 0 aliphatic carbocycles. The number of hydrogen-bond acceptors (Lipinski definition) is 12. The van der Waals surface area contributed by atoms with Gasteiger partial charge in [0.15, 0.2) is 6.23 Å². The van der Waals surface area contributed by atoms with Gasteiger partial charge in [-0.1, -0.05) is 63.2 Å². The molecule has 0 radical (unpaired) electrons. The predicted molar refractivity (Wildman–Crippen MR) is 246 cm³/mol. The maximum atomic E-state index is 13.9. The number of piperazine rings is 1. The zero-order valence-corrected chi connectivity index (χ0v) is 37.4. The van der Waals surface area contributed by atoms with Crippen molar-refractivity contribution in [2.45, 2.75) is 38.6 Å². The Labute approximate surface area is 370 Å². The van der Waals surface area contributed by atoms with Crippen molar-refractivity contribution in [1.29, 1.82) is 0 Å². The minimum absolute atomic E-state index is 0.130. The third kappa shape index (κ3) is 13.2. The van der Waals surface area contributed by atoms with Gasteiger partial charge in [0.2, 0.25) is 0 Å². The third-order valence-electron chi connectivity index (χ3n) is 10.7. The van der Waals surface area contributed by atoms with E-state index in [1.54, 1.807) is 50.7 Å². The molecule has 63 heavy (non-hydrogen) atoms. The van der Waals surface area contributed by atoms with Crippen LogP contribution >= 0.6 is 0 Å². The Balaban J connectivity index is 1.12. The summed E-state index contributed by atoms with van der Waals surface area (Å²) < 4.78 is 33.9. The van der Waals surface area contributed by atoms with Crippen LogP contribution in [0.5, 0.6) is 11.5 Å². The molecular weight excluding hydrogens is 803 g/mol. The van der Waals surface area contributed by atoms with Crippen molar-refractivity contribution in [3.63, 3.8) is 0 Å². The van der Waals surface area contributed by atoms with Gasteiger partial charge in [-0.2, -0.15) is 0 Å². The number of rotatable bonds is 20. The van der Waals surface area contributed by atoms with E-state index in [0.29, 0.717) is 66.4 Å². The number of urea groups is 1. The number of nitrogens with one attached hydrogen (secondary N) is 4. The van der Waals surface area contributed by atoms with Gasteiger partial charge >= 0.3 is 6.03 Å². The molecule has 2 heterocycles. The quantitative estimate of drug-likeness (QED) is 0.0443. The highest BCUT2D eigenvalue weighted by atomic mass is 16.6. The van der Waals surface area contributed by atoms with Crippen molar-refractivity contribution >= 4 is 45.6 Å². The summed E-state index contributed by atoms with van der Waals surface area (Å²) in [5.41, 5.74) is 4.27. The van der Waals surface area contributed by atoms with Crippen molar-refractivity contribution < 1.29 is 38.0 Å². The Kier molecular flexibility index (Phi) is 16.8. The average Bonchev–Trinajstić information content (AvgIpc) is 3.27. The minimum Gasteiger partial charge on any atom is -0.457 e. The Bertz CT molecular complexity index is 2280. The molecule has 6 rings (SSSR count). The van der Waals surface area contributed by atoms with E-state index in [1.165, 1.54) is 7.11 Å². The number of amides is 3. The first-order chi connectivity index (χ1) is 30.4. The summed E-state index contributed by atoms with van der Waals surface area (Å²) in [4.78, 5) is 36.1. The topological polar surface area (TPSA) is 157 Å². The summed E-state index contributed by atoms with van der Waals surface area (Å²) in [6.45, 7) is 12.0. The van der Waals surface area contributed by atoms with Crippen LogP contribution in [0.25, 0.3) is 10.8 Å². The number of nitrogens with zero attached hydrogens (tertiary/aromatic N) is 3. The number of methoxy groups -OCH3 is 3. The molecule has 4 aromatic carbocycles. The Hall–Kier alpha value is -5.65. The van der Waals surface area contributed by atoms with Gasteiger partial charge in [0.05, 0.1) is 38.7 Å². The first-order valence-electron chi connectivity index (χ1n) is 21.1. The Morgan fingerprint density at radius 1 is 0.762 bits per heavy atom. The molecule has 2 unspecified atom stereocenters. The fourth-order valence-electron chi connectivity index (χ4n) is 7.13. The molecule has 1 aromatic heterocycles. The van der Waals surface area contributed by atoms with Crippen LogP contribution in [0.2, 0.25) is 0 Å². The number of carbonyl (C=O) groups is 2. The summed E-state index contributed by atoms with van der Waals surface area (Å²) in [6.07, 6.45) is 0.681. The molecule has 1 fully saturated rings. The molecule has 1 aliphatic heterocycles. The molecule has 0 bridgehead atoms. The molecule has 5 aromatic rings. The molecule has 1 aliphatic rings. The number of aromatic nitrogens is 1. The first kappa shape index (κ1) is 46.8. The van der Waals surface area contributed by atoms with Gasteiger partial charge in [-0.15, -0.1) is 0 Å². The van der Waals surface area contributed by atoms with E-state index < -0.39 is 6.23 Å². The molecule has 0 spiro atoms. The highest BCUT2D eigenvalue weighted by Crippen LogP contribution is 2.37. The van der Waals surface area contributed by atoms with Crippen LogP contribution < -0.4 is 26.0 Å². The van der Waals surface area contributed by atoms with E-state index in [1.807, 2.05) is 42.5 Å². The standard InChI is InChI=1S/C48H61N7O8/c1-48(2,3)34-15-16-39(46(60-7)55-23-21-54(4)22-24-55)41(30-34)52-47(57)51-40-17-18-42(38-14-9-8-13-37(38)40)63-36-19-20-49-43(31-36)50-35-12-10-11-33(29-35)45(56)53-44(59-6)32-62-28-27-61-26-25-58-5/h8-20,29-31,44,46H,21-28,32H2,1-7H3,(H,49,50)(H,53,56)(H2,51,52,57). The van der Waals surface area contributed by atoms with Crippen LogP contribution in [-0.4, -0.2) is 121 Å². The minimum atomic E-state index is -0.646. The summed E-state index contributed by atoms with van der Waals surface area (Å²) in [6, 6.07) is 27.9. The molecular formula is C48H61N7O8. The second-order valence-corrected chi connectivity index (χ2v) is 16.3. The number of hydrogen-bond donors (Lipinski definition) is 4. The maximum absolute atomic E-state index is 13.9. The summed E-state index contributed by atoms with van der Waals surface area (Å²) in [5.74, 6) is 1.32. The van der Waals surface area contributed by atoms with E-state index in [4.69, 9.17) is 28.4 Å². The van der Waals surface area contributed by atoms with E-state index in [2.05, 4.69) is 82.1 Å².